The van der Waals surface area contributed by atoms with Crippen molar-refractivity contribution in [3.63, 3.8) is 0 Å². The number of aryl methyl sites for hydroxylation is 4. The van der Waals surface area contributed by atoms with Gasteiger partial charge in [-0.05, 0) is 63.5 Å². The van der Waals surface area contributed by atoms with Crippen molar-refractivity contribution >= 4 is 53.2 Å². The van der Waals surface area contributed by atoms with Gasteiger partial charge in [0.1, 0.15) is 0 Å². The summed E-state index contributed by atoms with van der Waals surface area (Å²) in [5.41, 5.74) is 13.9. The molecule has 0 spiro atoms. The number of hydrogen-bond acceptors (Lipinski definition) is 0. The molecule has 0 unspecified atom stereocenters. The van der Waals surface area contributed by atoms with E-state index in [0.29, 0.717) is 0 Å². The molecule has 0 N–H and O–H groups in total. The molecule has 0 aliphatic heterocycles. The topological polar surface area (TPSA) is 0 Å². The summed E-state index contributed by atoms with van der Waals surface area (Å²) in [7, 11) is 0. The maximum atomic E-state index is 3.49. The quantitative estimate of drug-likeness (QED) is 0.116. The molecule has 0 saturated heterocycles. The Morgan fingerprint density at radius 3 is 1.20 bits per heavy atom. The first-order valence-electron chi connectivity index (χ1n) is 19.4. The van der Waals surface area contributed by atoms with E-state index in [1.807, 2.05) is 6.92 Å². The van der Waals surface area contributed by atoms with Gasteiger partial charge in [0.2, 0.25) is 0 Å². The number of rotatable bonds is 6. The molecule has 8 rings (SSSR count). The standard InChI is InChI=1S/2C23H25.C3H7.CH3.2ClH.Si.Zr/c2*1-16-10-17(2)12-21(11-16)22-9-5-8-20-14-19(15-23(20)22)13-18-6-3-4-7-18;1-3-2;;;;;/h2*5,8-12,14-15,18H,3-4,6-7,13H2,1-2H3;1,3H2,2H3;1H3;2*1H;;/q4*-1;;;;. The summed E-state index contributed by atoms with van der Waals surface area (Å²) in [4.78, 5) is 0. The monoisotopic (exact) mass is 850 g/mol. The van der Waals surface area contributed by atoms with Crippen LogP contribution in [0, 0.1) is 53.9 Å². The molecule has 2 aliphatic carbocycles. The average molecular weight is 853 g/mol. The first-order valence-corrected chi connectivity index (χ1v) is 23.6. The Bertz CT molecular complexity index is 1820. The van der Waals surface area contributed by atoms with E-state index < -0.39 is 0 Å². The molecule has 0 bridgehead atoms. The fourth-order valence-corrected chi connectivity index (χ4v) is 8.69. The molecule has 0 aromatic heterocycles. The fourth-order valence-electron chi connectivity index (χ4n) is 8.69. The first-order chi connectivity index (χ1) is 24.8. The molecule has 2 aliphatic rings. The Kier molecular flexibility index (Phi) is 21.1. The molecule has 6 aromatic rings. The predicted molar refractivity (Wildman–Crippen MR) is 243 cm³/mol. The summed E-state index contributed by atoms with van der Waals surface area (Å²) < 4.78 is 0. The van der Waals surface area contributed by atoms with Crippen molar-refractivity contribution in [2.45, 2.75) is 105 Å². The molecule has 6 aromatic carbocycles. The minimum atomic E-state index is 0. The van der Waals surface area contributed by atoms with Gasteiger partial charge in [0.25, 0.3) is 0 Å². The maximum absolute atomic E-state index is 3.49. The summed E-state index contributed by atoms with van der Waals surface area (Å²) >= 11 is 1.36. The average Bonchev–Trinajstić information content (AvgIpc) is 3.93. The van der Waals surface area contributed by atoms with Crippen molar-refractivity contribution in [2.24, 2.45) is 11.8 Å². The summed E-state index contributed by atoms with van der Waals surface area (Å²) in [5, 5.41) is 5.64. The fraction of sp³-hybridized carbons (Fsp3) is 0.360. The summed E-state index contributed by atoms with van der Waals surface area (Å²) in [5.74, 6) is 1.83. The Labute approximate surface area is 358 Å². The van der Waals surface area contributed by atoms with Crippen LogP contribution in [0.1, 0.15) is 98.1 Å². The Balaban J connectivity index is 0.000000318. The van der Waals surface area contributed by atoms with Crippen LogP contribution in [-0.2, 0) is 36.2 Å². The van der Waals surface area contributed by atoms with Gasteiger partial charge in [-0.1, -0.05) is 140 Å². The van der Waals surface area contributed by atoms with E-state index in [1.165, 1.54) is 165 Å². The zero-order valence-electron chi connectivity index (χ0n) is 33.7. The number of halogens is 2. The third kappa shape index (κ3) is 12.9. The van der Waals surface area contributed by atoms with Gasteiger partial charge < -0.3 is 14.4 Å². The van der Waals surface area contributed by atoms with E-state index in [0.717, 1.165) is 18.3 Å². The number of benzene rings is 4. The van der Waals surface area contributed by atoms with E-state index in [9.17, 15) is 0 Å². The van der Waals surface area contributed by atoms with Gasteiger partial charge in [0, 0.05) is 0 Å². The molecule has 4 heteroatoms. The molecule has 0 heterocycles. The molecule has 54 heavy (non-hydrogen) atoms. The summed E-state index contributed by atoms with van der Waals surface area (Å²) in [6.07, 6.45) is 14.9. The molecule has 2 saturated carbocycles. The number of hydrogen-bond donors (Lipinski definition) is 0. The Morgan fingerprint density at radius 1 is 0.574 bits per heavy atom. The second-order valence-corrected chi connectivity index (χ2v) is 15.3. The normalized spacial score (nSPS) is 13.6. The Hall–Kier alpha value is -2.22. The SMILES string of the molecule is Cc1cc(C)cc(-c2cccc3[cH-]c(CC4CCCC4)cc23)c1.Cc1cc(C)cc(-c2cccc3[cH-]c(CC4CCCC4)cc23)c1.Cl.Cl.[CH2-]CC.[CH3-].[Si]=[Zr]. The van der Waals surface area contributed by atoms with Crippen LogP contribution in [-0.4, -0.2) is 6.88 Å². The molecular weight excluding hydrogens is 791 g/mol. The van der Waals surface area contributed by atoms with Gasteiger partial charge in [0.05, 0.1) is 0 Å². The van der Waals surface area contributed by atoms with E-state index in [1.54, 1.807) is 0 Å². The van der Waals surface area contributed by atoms with Gasteiger partial charge in [0.15, 0.2) is 0 Å². The molecule has 2 fully saturated rings. The van der Waals surface area contributed by atoms with Gasteiger partial charge in [-0.3, -0.25) is 0 Å². The predicted octanol–water partition coefficient (Wildman–Crippen LogP) is 15.3. The zero-order chi connectivity index (χ0) is 36.3. The first kappa shape index (κ1) is 47.9. The van der Waals surface area contributed by atoms with Crippen molar-refractivity contribution in [2.75, 3.05) is 0 Å². The van der Waals surface area contributed by atoms with Crippen molar-refractivity contribution < 1.29 is 23.3 Å². The van der Waals surface area contributed by atoms with E-state index in [-0.39, 0.29) is 32.2 Å². The van der Waals surface area contributed by atoms with Crippen LogP contribution in [0.15, 0.2) is 97.1 Å². The van der Waals surface area contributed by atoms with Crippen LogP contribution < -0.4 is 0 Å². The van der Waals surface area contributed by atoms with Crippen molar-refractivity contribution in [1.29, 1.82) is 0 Å². The molecule has 0 nitrogen and oxygen atoms in total. The molecule has 288 valence electrons. The molecule has 0 atom stereocenters. The zero-order valence-corrected chi connectivity index (χ0v) is 38.8. The second kappa shape index (κ2) is 23.8. The van der Waals surface area contributed by atoms with Crippen molar-refractivity contribution in [3.8, 4) is 22.3 Å². The molecule has 0 amide bonds. The van der Waals surface area contributed by atoms with E-state index >= 15 is 0 Å². The summed E-state index contributed by atoms with van der Waals surface area (Å²) in [6.45, 7) is 17.3. The molecular formula is C50H62Cl2SiZr-4. The van der Waals surface area contributed by atoms with E-state index in [4.69, 9.17) is 0 Å². The minimum absolute atomic E-state index is 0. The van der Waals surface area contributed by atoms with Crippen molar-refractivity contribution in [3.05, 3.63) is 145 Å². The van der Waals surface area contributed by atoms with Gasteiger partial charge in [-0.15, -0.1) is 93.9 Å². The van der Waals surface area contributed by atoms with Crippen LogP contribution in [0.3, 0.4) is 0 Å². The van der Waals surface area contributed by atoms with Crippen LogP contribution in [0.2, 0.25) is 0 Å². The van der Waals surface area contributed by atoms with E-state index in [2.05, 4.69) is 139 Å². The van der Waals surface area contributed by atoms with Crippen LogP contribution in [0.4, 0.5) is 0 Å². The summed E-state index contributed by atoms with van der Waals surface area (Å²) in [6, 6.07) is 36.9. The third-order valence-electron chi connectivity index (χ3n) is 10.7. The van der Waals surface area contributed by atoms with Gasteiger partial charge in [-0.2, -0.15) is 18.6 Å². The Morgan fingerprint density at radius 2 is 0.889 bits per heavy atom. The van der Waals surface area contributed by atoms with Crippen LogP contribution in [0.5, 0.6) is 0 Å². The third-order valence-corrected chi connectivity index (χ3v) is 10.7. The molecule has 2 radical (unpaired) electrons. The van der Waals surface area contributed by atoms with Crippen LogP contribution in [0.25, 0.3) is 43.8 Å². The van der Waals surface area contributed by atoms with Crippen molar-refractivity contribution in [1.82, 2.24) is 0 Å². The number of fused-ring (bicyclic) bond motifs is 2. The van der Waals surface area contributed by atoms with Gasteiger partial charge >= 0.3 is 30.2 Å². The second-order valence-electron chi connectivity index (χ2n) is 15.3. The van der Waals surface area contributed by atoms with Crippen LogP contribution >= 0.6 is 24.8 Å². The van der Waals surface area contributed by atoms with Gasteiger partial charge in [-0.25, -0.2) is 0 Å².